The fourth-order valence-corrected chi connectivity index (χ4v) is 1.88. The molecule has 0 fully saturated rings. The molecule has 3 nitrogen and oxygen atoms in total. The first kappa shape index (κ1) is 10.9. The molecule has 2 N–H and O–H groups in total. The maximum absolute atomic E-state index is 12.3. The number of halogens is 2. The summed E-state index contributed by atoms with van der Waals surface area (Å²) >= 11 is 0.949. The van der Waals surface area contributed by atoms with Crippen LogP contribution < -0.4 is 5.73 Å². The third-order valence-electron chi connectivity index (χ3n) is 2.16. The van der Waals surface area contributed by atoms with Crippen LogP contribution >= 0.6 is 11.5 Å². The maximum atomic E-state index is 12.3. The molecule has 0 aliphatic heterocycles. The van der Waals surface area contributed by atoms with E-state index in [9.17, 15) is 8.78 Å². The average molecular weight is 241 g/mol. The van der Waals surface area contributed by atoms with E-state index in [1.165, 1.54) is 0 Å². The molecular formula is C10H9F2N3S. The van der Waals surface area contributed by atoms with Crippen LogP contribution in [0.5, 0.6) is 0 Å². The Kier molecular flexibility index (Phi) is 2.82. The molecule has 6 heteroatoms. The van der Waals surface area contributed by atoms with E-state index >= 15 is 0 Å². The van der Waals surface area contributed by atoms with Gasteiger partial charge in [0.15, 0.2) is 0 Å². The summed E-state index contributed by atoms with van der Waals surface area (Å²) in [5, 5.41) is 0.460. The number of hydrogen-bond acceptors (Lipinski definition) is 4. The second kappa shape index (κ2) is 4.13. The molecule has 0 spiro atoms. The third-order valence-corrected chi connectivity index (χ3v) is 2.94. The van der Waals surface area contributed by atoms with Crippen molar-refractivity contribution in [2.75, 3.05) is 5.73 Å². The van der Waals surface area contributed by atoms with Crippen LogP contribution in [0.3, 0.4) is 0 Å². The Bertz CT molecular complexity index is 511. The van der Waals surface area contributed by atoms with Gasteiger partial charge in [0.1, 0.15) is 5.01 Å². The van der Waals surface area contributed by atoms with E-state index in [1.807, 2.05) is 13.0 Å². The normalized spacial score (nSPS) is 11.0. The quantitative estimate of drug-likeness (QED) is 0.822. The van der Waals surface area contributed by atoms with E-state index in [-0.39, 0.29) is 0 Å². The van der Waals surface area contributed by atoms with E-state index < -0.39 is 12.2 Å². The summed E-state index contributed by atoms with van der Waals surface area (Å²) in [4.78, 5) is 3.75. The number of aromatic nitrogens is 2. The number of nitrogens with zero attached hydrogens (tertiary/aromatic N) is 2. The Labute approximate surface area is 95.1 Å². The number of nitrogens with two attached hydrogens (primary N) is 1. The molecule has 1 heterocycles. The third kappa shape index (κ3) is 2.01. The molecule has 0 aliphatic carbocycles. The van der Waals surface area contributed by atoms with Crippen molar-refractivity contribution in [3.05, 3.63) is 29.6 Å². The smallest absolute Gasteiger partial charge is 0.298 e. The summed E-state index contributed by atoms with van der Waals surface area (Å²) < 4.78 is 28.2. The summed E-state index contributed by atoms with van der Waals surface area (Å²) in [6.45, 7) is 1.88. The lowest BCUT2D eigenvalue weighted by Crippen LogP contribution is -1.90. The summed E-state index contributed by atoms with van der Waals surface area (Å²) in [7, 11) is 0. The van der Waals surface area contributed by atoms with Gasteiger partial charge in [-0.05, 0) is 30.1 Å². The lowest BCUT2D eigenvalue weighted by atomic mass is 10.1. The highest BCUT2D eigenvalue weighted by molar-refractivity contribution is 7.09. The highest BCUT2D eigenvalue weighted by Gasteiger charge is 2.15. The van der Waals surface area contributed by atoms with Crippen molar-refractivity contribution in [3.63, 3.8) is 0 Å². The van der Waals surface area contributed by atoms with Crippen molar-refractivity contribution >= 4 is 17.2 Å². The Morgan fingerprint density at radius 2 is 2.12 bits per heavy atom. The molecular weight excluding hydrogens is 232 g/mol. The zero-order valence-electron chi connectivity index (χ0n) is 8.45. The van der Waals surface area contributed by atoms with Crippen LogP contribution in [0.1, 0.15) is 17.8 Å². The van der Waals surface area contributed by atoms with E-state index in [4.69, 9.17) is 5.73 Å². The van der Waals surface area contributed by atoms with Crippen LogP contribution in [0.4, 0.5) is 14.5 Å². The second-order valence-electron chi connectivity index (χ2n) is 3.33. The summed E-state index contributed by atoms with van der Waals surface area (Å²) in [5.41, 5.74) is 8.01. The van der Waals surface area contributed by atoms with Gasteiger partial charge in [0.05, 0.1) is 0 Å². The fraction of sp³-hybridized carbons (Fsp3) is 0.200. The number of benzene rings is 1. The zero-order valence-corrected chi connectivity index (χ0v) is 9.26. The maximum Gasteiger partial charge on any atom is 0.298 e. The van der Waals surface area contributed by atoms with E-state index in [0.717, 1.165) is 17.1 Å². The second-order valence-corrected chi connectivity index (χ2v) is 4.08. The summed E-state index contributed by atoms with van der Waals surface area (Å²) in [6.07, 6.45) is -2.63. The van der Waals surface area contributed by atoms with Crippen molar-refractivity contribution < 1.29 is 8.78 Å². The fourth-order valence-electron chi connectivity index (χ4n) is 1.21. The molecule has 1 aromatic heterocycles. The molecule has 0 bridgehead atoms. The molecule has 2 aromatic rings. The molecule has 84 valence electrons. The van der Waals surface area contributed by atoms with E-state index in [2.05, 4.69) is 9.36 Å². The minimum atomic E-state index is -2.63. The Morgan fingerprint density at radius 3 is 2.69 bits per heavy atom. The van der Waals surface area contributed by atoms with Gasteiger partial charge in [0.2, 0.25) is 5.82 Å². The standard InChI is InChI=1S/C10H9F2N3S/c1-5-2-3-6(4-7(5)13)10-14-9(8(11)12)15-16-10/h2-4,8H,13H2,1H3. The lowest BCUT2D eigenvalue weighted by Gasteiger charge is -2.01. The molecule has 0 unspecified atom stereocenters. The van der Waals surface area contributed by atoms with Gasteiger partial charge in [0.25, 0.3) is 6.43 Å². The molecule has 0 amide bonds. The van der Waals surface area contributed by atoms with Gasteiger partial charge in [-0.15, -0.1) is 0 Å². The first-order chi connectivity index (χ1) is 7.58. The molecule has 0 saturated carbocycles. The van der Waals surface area contributed by atoms with Crippen LogP contribution in [0.2, 0.25) is 0 Å². The minimum absolute atomic E-state index is 0.431. The van der Waals surface area contributed by atoms with Gasteiger partial charge >= 0.3 is 0 Å². The minimum Gasteiger partial charge on any atom is -0.398 e. The van der Waals surface area contributed by atoms with Crippen molar-refractivity contribution in [1.29, 1.82) is 0 Å². The number of rotatable bonds is 2. The van der Waals surface area contributed by atoms with Gasteiger partial charge in [-0.1, -0.05) is 12.1 Å². The predicted molar refractivity (Wildman–Crippen MR) is 59.5 cm³/mol. The van der Waals surface area contributed by atoms with E-state index in [1.54, 1.807) is 12.1 Å². The molecule has 16 heavy (non-hydrogen) atoms. The Balaban J connectivity index is 2.39. The average Bonchev–Trinajstić information content (AvgIpc) is 2.71. The first-order valence-corrected chi connectivity index (χ1v) is 5.33. The van der Waals surface area contributed by atoms with Crippen LogP contribution in [0, 0.1) is 6.92 Å². The first-order valence-electron chi connectivity index (χ1n) is 4.56. The van der Waals surface area contributed by atoms with Gasteiger partial charge in [0, 0.05) is 11.3 Å². The van der Waals surface area contributed by atoms with Gasteiger partial charge in [-0.25, -0.2) is 13.8 Å². The number of hydrogen-bond donors (Lipinski definition) is 1. The molecule has 0 saturated heterocycles. The molecule has 0 aliphatic rings. The van der Waals surface area contributed by atoms with Crippen LogP contribution in [-0.4, -0.2) is 9.36 Å². The van der Waals surface area contributed by atoms with Crippen LogP contribution in [0.25, 0.3) is 10.6 Å². The van der Waals surface area contributed by atoms with Gasteiger partial charge in [-0.2, -0.15) is 4.37 Å². The van der Waals surface area contributed by atoms with Gasteiger partial charge in [-0.3, -0.25) is 0 Å². The lowest BCUT2D eigenvalue weighted by molar-refractivity contribution is 0.142. The van der Waals surface area contributed by atoms with Crippen molar-refractivity contribution in [2.24, 2.45) is 0 Å². The zero-order chi connectivity index (χ0) is 11.7. The molecule has 2 rings (SSSR count). The van der Waals surface area contributed by atoms with E-state index in [0.29, 0.717) is 16.3 Å². The molecule has 0 radical (unpaired) electrons. The molecule has 0 atom stereocenters. The SMILES string of the molecule is Cc1ccc(-c2nc(C(F)F)ns2)cc1N. The number of aryl methyl sites for hydroxylation is 1. The van der Waals surface area contributed by atoms with Crippen molar-refractivity contribution in [1.82, 2.24) is 9.36 Å². The highest BCUT2D eigenvalue weighted by atomic mass is 32.1. The number of alkyl halides is 2. The van der Waals surface area contributed by atoms with Crippen LogP contribution in [-0.2, 0) is 0 Å². The largest absolute Gasteiger partial charge is 0.398 e. The van der Waals surface area contributed by atoms with Crippen molar-refractivity contribution in [2.45, 2.75) is 13.3 Å². The summed E-state index contributed by atoms with van der Waals surface area (Å²) in [5.74, 6) is -0.431. The number of nitrogen functional groups attached to an aromatic ring is 1. The predicted octanol–water partition coefficient (Wildman–Crippen LogP) is 3.03. The highest BCUT2D eigenvalue weighted by Crippen LogP contribution is 2.27. The Morgan fingerprint density at radius 1 is 1.38 bits per heavy atom. The topological polar surface area (TPSA) is 51.8 Å². The molecule has 1 aromatic carbocycles. The van der Waals surface area contributed by atoms with Crippen molar-refractivity contribution in [3.8, 4) is 10.6 Å². The number of anilines is 1. The Hall–Kier alpha value is -1.56. The van der Waals surface area contributed by atoms with Crippen LogP contribution in [0.15, 0.2) is 18.2 Å². The van der Waals surface area contributed by atoms with Gasteiger partial charge < -0.3 is 5.73 Å². The summed E-state index contributed by atoms with van der Waals surface area (Å²) in [6, 6.07) is 5.33. The monoisotopic (exact) mass is 241 g/mol.